The zero-order valence-electron chi connectivity index (χ0n) is 6.96. The summed E-state index contributed by atoms with van der Waals surface area (Å²) in [6.07, 6.45) is 6.90. The van der Waals surface area contributed by atoms with Gasteiger partial charge in [0, 0.05) is 12.4 Å². The molecule has 2 heterocycles. The van der Waals surface area contributed by atoms with Gasteiger partial charge in [0.1, 0.15) is 0 Å². The van der Waals surface area contributed by atoms with Crippen LogP contribution in [-0.4, -0.2) is 20.1 Å². The molecule has 0 radical (unpaired) electrons. The molecule has 2 aromatic heterocycles. The Morgan fingerprint density at radius 1 is 1.23 bits per heavy atom. The fraction of sp³-hybridized carbons (Fsp3) is 0.125. The van der Waals surface area contributed by atoms with Gasteiger partial charge in [0.05, 0.1) is 18.9 Å². The first-order valence-corrected chi connectivity index (χ1v) is 3.94. The van der Waals surface area contributed by atoms with Crippen LogP contribution < -0.4 is 5.43 Å². The molecule has 5 nitrogen and oxygen atoms in total. The van der Waals surface area contributed by atoms with Gasteiger partial charge in [-0.15, -0.1) is 5.10 Å². The SMILES string of the molecule is c1cc(CNn2ccnn2)ccn1. The van der Waals surface area contributed by atoms with E-state index in [0.717, 1.165) is 5.56 Å². The Morgan fingerprint density at radius 2 is 2.08 bits per heavy atom. The Labute approximate surface area is 75.4 Å². The first-order valence-electron chi connectivity index (χ1n) is 3.94. The monoisotopic (exact) mass is 175 g/mol. The van der Waals surface area contributed by atoms with E-state index in [1.165, 1.54) is 0 Å². The average Bonchev–Trinajstić information content (AvgIpc) is 2.69. The van der Waals surface area contributed by atoms with Crippen LogP contribution in [0.1, 0.15) is 5.56 Å². The summed E-state index contributed by atoms with van der Waals surface area (Å²) in [5.74, 6) is 0. The van der Waals surface area contributed by atoms with Crippen molar-refractivity contribution in [3.05, 3.63) is 42.5 Å². The first kappa shape index (κ1) is 7.72. The smallest absolute Gasteiger partial charge is 0.0715 e. The van der Waals surface area contributed by atoms with Gasteiger partial charge in [-0.05, 0) is 22.9 Å². The van der Waals surface area contributed by atoms with Crippen LogP contribution in [0.4, 0.5) is 0 Å². The van der Waals surface area contributed by atoms with Crippen LogP contribution in [-0.2, 0) is 6.54 Å². The number of rotatable bonds is 3. The summed E-state index contributed by atoms with van der Waals surface area (Å²) >= 11 is 0. The molecule has 0 aliphatic heterocycles. The lowest BCUT2D eigenvalue weighted by Crippen LogP contribution is -2.14. The molecule has 0 atom stereocenters. The van der Waals surface area contributed by atoms with Gasteiger partial charge >= 0.3 is 0 Å². The second-order valence-corrected chi connectivity index (χ2v) is 2.54. The minimum atomic E-state index is 0.714. The van der Waals surface area contributed by atoms with Gasteiger partial charge in [0.2, 0.25) is 0 Å². The van der Waals surface area contributed by atoms with Crippen LogP contribution in [0.25, 0.3) is 0 Å². The van der Waals surface area contributed by atoms with Crippen LogP contribution in [0.5, 0.6) is 0 Å². The van der Waals surface area contributed by atoms with Gasteiger partial charge in [-0.3, -0.25) is 4.98 Å². The second kappa shape index (κ2) is 3.66. The predicted molar refractivity (Wildman–Crippen MR) is 47.3 cm³/mol. The molecule has 0 aliphatic carbocycles. The highest BCUT2D eigenvalue weighted by Crippen LogP contribution is 1.95. The van der Waals surface area contributed by atoms with Gasteiger partial charge in [0.15, 0.2) is 0 Å². The summed E-state index contributed by atoms with van der Waals surface area (Å²) in [5, 5.41) is 7.44. The summed E-state index contributed by atoms with van der Waals surface area (Å²) < 4.78 is 0. The first-order chi connectivity index (χ1) is 6.45. The summed E-state index contributed by atoms with van der Waals surface area (Å²) in [6, 6.07) is 3.90. The molecule has 2 rings (SSSR count). The third-order valence-electron chi connectivity index (χ3n) is 1.62. The Morgan fingerprint density at radius 3 is 2.77 bits per heavy atom. The van der Waals surface area contributed by atoms with Gasteiger partial charge in [-0.1, -0.05) is 0 Å². The topological polar surface area (TPSA) is 55.6 Å². The number of nitrogens with zero attached hydrogens (tertiary/aromatic N) is 4. The van der Waals surface area contributed by atoms with E-state index in [1.54, 1.807) is 29.6 Å². The number of hydrogen-bond donors (Lipinski definition) is 1. The molecule has 0 unspecified atom stereocenters. The third kappa shape index (κ3) is 2.02. The highest BCUT2D eigenvalue weighted by Gasteiger charge is 1.91. The molecule has 5 heteroatoms. The lowest BCUT2D eigenvalue weighted by atomic mass is 10.3. The van der Waals surface area contributed by atoms with E-state index in [-0.39, 0.29) is 0 Å². The molecule has 2 aromatic rings. The molecular weight excluding hydrogens is 166 g/mol. The largest absolute Gasteiger partial charge is 0.304 e. The van der Waals surface area contributed by atoms with Crippen molar-refractivity contribution < 1.29 is 0 Å². The summed E-state index contributed by atoms with van der Waals surface area (Å²) in [4.78, 5) is 5.50. The van der Waals surface area contributed by atoms with Crippen LogP contribution in [0, 0.1) is 0 Å². The lowest BCUT2D eigenvalue weighted by Gasteiger charge is -2.03. The fourth-order valence-electron chi connectivity index (χ4n) is 0.965. The van der Waals surface area contributed by atoms with Crippen molar-refractivity contribution in [3.8, 4) is 0 Å². The van der Waals surface area contributed by atoms with E-state index in [9.17, 15) is 0 Å². The molecule has 0 saturated heterocycles. The van der Waals surface area contributed by atoms with Crippen molar-refractivity contribution >= 4 is 0 Å². The van der Waals surface area contributed by atoms with Gasteiger partial charge in [-0.2, -0.15) is 4.79 Å². The molecule has 0 saturated carbocycles. The van der Waals surface area contributed by atoms with Gasteiger partial charge in [0.25, 0.3) is 0 Å². The van der Waals surface area contributed by atoms with Gasteiger partial charge < -0.3 is 5.43 Å². The quantitative estimate of drug-likeness (QED) is 0.734. The Hall–Kier alpha value is -1.91. The van der Waals surface area contributed by atoms with E-state index in [0.29, 0.717) is 6.54 Å². The molecule has 66 valence electrons. The van der Waals surface area contributed by atoms with Crippen LogP contribution in [0.3, 0.4) is 0 Å². The van der Waals surface area contributed by atoms with Crippen molar-refractivity contribution in [1.29, 1.82) is 0 Å². The van der Waals surface area contributed by atoms with E-state index in [2.05, 4.69) is 20.7 Å². The lowest BCUT2D eigenvalue weighted by molar-refractivity contribution is 0.690. The minimum Gasteiger partial charge on any atom is -0.304 e. The number of nitrogens with one attached hydrogen (secondary N) is 1. The zero-order valence-corrected chi connectivity index (χ0v) is 6.96. The van der Waals surface area contributed by atoms with Crippen molar-refractivity contribution in [2.75, 3.05) is 5.43 Å². The highest BCUT2D eigenvalue weighted by atomic mass is 15.6. The molecule has 1 N–H and O–H groups in total. The third-order valence-corrected chi connectivity index (χ3v) is 1.62. The molecule has 13 heavy (non-hydrogen) atoms. The van der Waals surface area contributed by atoms with Crippen molar-refractivity contribution in [2.24, 2.45) is 0 Å². The maximum absolute atomic E-state index is 3.93. The molecular formula is C8H9N5. The fourth-order valence-corrected chi connectivity index (χ4v) is 0.965. The Bertz CT molecular complexity index is 342. The minimum absolute atomic E-state index is 0.714. The molecule has 0 aromatic carbocycles. The molecule has 0 bridgehead atoms. The highest BCUT2D eigenvalue weighted by molar-refractivity contribution is 5.10. The van der Waals surface area contributed by atoms with Crippen molar-refractivity contribution in [1.82, 2.24) is 20.1 Å². The average molecular weight is 175 g/mol. The van der Waals surface area contributed by atoms with Crippen LogP contribution in [0.2, 0.25) is 0 Å². The number of aromatic nitrogens is 4. The van der Waals surface area contributed by atoms with Gasteiger partial charge in [-0.25, -0.2) is 0 Å². The molecule has 0 aliphatic rings. The van der Waals surface area contributed by atoms with Crippen molar-refractivity contribution in [3.63, 3.8) is 0 Å². The maximum atomic E-state index is 3.93. The zero-order chi connectivity index (χ0) is 8.93. The van der Waals surface area contributed by atoms with E-state index in [4.69, 9.17) is 0 Å². The number of pyridine rings is 1. The van der Waals surface area contributed by atoms with E-state index in [1.807, 2.05) is 12.1 Å². The van der Waals surface area contributed by atoms with Crippen LogP contribution in [0.15, 0.2) is 36.9 Å². The summed E-state index contributed by atoms with van der Waals surface area (Å²) in [5.41, 5.74) is 4.21. The Balaban J connectivity index is 1.94. The Kier molecular flexibility index (Phi) is 2.18. The van der Waals surface area contributed by atoms with Crippen LogP contribution >= 0.6 is 0 Å². The number of hydrogen-bond acceptors (Lipinski definition) is 4. The summed E-state index contributed by atoms with van der Waals surface area (Å²) in [7, 11) is 0. The summed E-state index contributed by atoms with van der Waals surface area (Å²) in [6.45, 7) is 0.714. The van der Waals surface area contributed by atoms with Crippen molar-refractivity contribution in [2.45, 2.75) is 6.54 Å². The molecule has 0 spiro atoms. The van der Waals surface area contributed by atoms with E-state index >= 15 is 0 Å². The second-order valence-electron chi connectivity index (χ2n) is 2.54. The normalized spacial score (nSPS) is 9.85. The maximum Gasteiger partial charge on any atom is 0.0715 e. The standard InChI is InChI=1S/C8H9N5/c1-3-9-4-2-8(1)7-11-13-6-5-10-12-13/h1-6,11H,7H2. The molecule has 0 amide bonds. The molecule has 0 fully saturated rings. The predicted octanol–water partition coefficient (Wildman–Crippen LogP) is 0.417. The van der Waals surface area contributed by atoms with E-state index < -0.39 is 0 Å².